The molecule has 3 aliphatic rings. The van der Waals surface area contributed by atoms with Gasteiger partial charge in [-0.1, -0.05) is 6.42 Å². The van der Waals surface area contributed by atoms with Gasteiger partial charge in [-0.25, -0.2) is 13.1 Å². The number of carbonyl (C=O) groups excluding carboxylic acids is 1. The molecule has 1 aromatic rings. The Balaban J connectivity index is 1.51. The van der Waals surface area contributed by atoms with Gasteiger partial charge in [-0.15, -0.1) is 0 Å². The Bertz CT molecular complexity index is 774. The van der Waals surface area contributed by atoms with Crippen molar-refractivity contribution in [3.8, 4) is 0 Å². The molecular formula is C18H24N2O3S. The number of benzene rings is 1. The summed E-state index contributed by atoms with van der Waals surface area (Å²) in [4.78, 5) is 11.7. The van der Waals surface area contributed by atoms with Crippen LogP contribution in [0.3, 0.4) is 0 Å². The van der Waals surface area contributed by atoms with Crippen LogP contribution < -0.4 is 10.0 Å². The van der Waals surface area contributed by atoms with Crippen molar-refractivity contribution >= 4 is 21.6 Å². The molecule has 2 saturated carbocycles. The molecule has 130 valence electrons. The summed E-state index contributed by atoms with van der Waals surface area (Å²) >= 11 is 0. The summed E-state index contributed by atoms with van der Waals surface area (Å²) in [6.45, 7) is 2.00. The Morgan fingerprint density at radius 1 is 1.21 bits per heavy atom. The summed E-state index contributed by atoms with van der Waals surface area (Å²) in [6.07, 6.45) is 5.99. The number of aryl methyl sites for hydroxylation is 1. The van der Waals surface area contributed by atoms with E-state index in [-0.39, 0.29) is 11.9 Å². The first-order chi connectivity index (χ1) is 11.4. The van der Waals surface area contributed by atoms with Crippen LogP contribution in [0.4, 0.5) is 5.69 Å². The summed E-state index contributed by atoms with van der Waals surface area (Å²) < 4.78 is 28.4. The maximum Gasteiger partial charge on any atom is 0.240 e. The van der Waals surface area contributed by atoms with E-state index < -0.39 is 10.0 Å². The fraction of sp³-hybridized carbons (Fsp3) is 0.611. The minimum absolute atomic E-state index is 0.0128. The maximum absolute atomic E-state index is 12.8. The molecule has 0 radical (unpaired) electrons. The van der Waals surface area contributed by atoms with Crippen molar-refractivity contribution < 1.29 is 13.2 Å². The molecule has 0 spiro atoms. The Kier molecular flexibility index (Phi) is 3.92. The predicted octanol–water partition coefficient (Wildman–Crippen LogP) is 2.67. The highest BCUT2D eigenvalue weighted by atomic mass is 32.2. The lowest BCUT2D eigenvalue weighted by Gasteiger charge is -2.28. The minimum Gasteiger partial charge on any atom is -0.326 e. The van der Waals surface area contributed by atoms with E-state index in [1.165, 1.54) is 19.3 Å². The third-order valence-corrected chi connectivity index (χ3v) is 7.62. The summed E-state index contributed by atoms with van der Waals surface area (Å²) in [6, 6.07) is 4.95. The zero-order valence-electron chi connectivity index (χ0n) is 13.9. The first kappa shape index (κ1) is 16.1. The van der Waals surface area contributed by atoms with Crippen molar-refractivity contribution in [3.63, 3.8) is 0 Å². The summed E-state index contributed by atoms with van der Waals surface area (Å²) in [7, 11) is -3.52. The monoisotopic (exact) mass is 348 g/mol. The minimum atomic E-state index is -3.52. The van der Waals surface area contributed by atoms with Gasteiger partial charge in [0.1, 0.15) is 0 Å². The van der Waals surface area contributed by atoms with Crippen LogP contribution in [0.1, 0.15) is 44.6 Å². The standard InChI is InChI=1S/C18H24N2O3S/c1-11(16-9-12-2-3-13(16)8-12)20-24(22,23)15-5-6-17-14(10-15)4-7-18(21)19-17/h5-6,10-13,16,20H,2-4,7-9H2,1H3,(H,19,21)/t11-,12-,13-,16-/m0/s1. The smallest absolute Gasteiger partial charge is 0.240 e. The lowest BCUT2D eigenvalue weighted by molar-refractivity contribution is -0.116. The van der Waals surface area contributed by atoms with Crippen molar-refractivity contribution in [2.45, 2.75) is 56.4 Å². The lowest BCUT2D eigenvalue weighted by Crippen LogP contribution is -2.40. The van der Waals surface area contributed by atoms with E-state index in [4.69, 9.17) is 0 Å². The zero-order valence-corrected chi connectivity index (χ0v) is 14.7. The van der Waals surface area contributed by atoms with Crippen molar-refractivity contribution in [1.29, 1.82) is 0 Å². The number of hydrogen-bond donors (Lipinski definition) is 2. The molecule has 5 nitrogen and oxygen atoms in total. The molecule has 2 fully saturated rings. The third-order valence-electron chi connectivity index (χ3n) is 6.06. The first-order valence-electron chi connectivity index (χ1n) is 8.87. The molecule has 1 heterocycles. The molecule has 24 heavy (non-hydrogen) atoms. The van der Waals surface area contributed by atoms with Gasteiger partial charge in [0, 0.05) is 18.2 Å². The second kappa shape index (κ2) is 5.85. The number of nitrogens with one attached hydrogen (secondary N) is 2. The van der Waals surface area contributed by atoms with Gasteiger partial charge >= 0.3 is 0 Å². The average molecular weight is 348 g/mol. The molecule has 4 atom stereocenters. The van der Waals surface area contributed by atoms with E-state index in [2.05, 4.69) is 10.0 Å². The van der Waals surface area contributed by atoms with Crippen LogP contribution in [-0.2, 0) is 21.2 Å². The highest BCUT2D eigenvalue weighted by molar-refractivity contribution is 7.89. The molecule has 2 bridgehead atoms. The molecule has 0 saturated heterocycles. The van der Waals surface area contributed by atoms with Gasteiger partial charge in [0.05, 0.1) is 4.90 Å². The molecule has 0 unspecified atom stereocenters. The third kappa shape index (κ3) is 2.86. The predicted molar refractivity (Wildman–Crippen MR) is 92.1 cm³/mol. The second-order valence-electron chi connectivity index (χ2n) is 7.62. The van der Waals surface area contributed by atoms with Gasteiger partial charge in [0.2, 0.25) is 15.9 Å². The molecule has 1 amide bonds. The maximum atomic E-state index is 12.8. The summed E-state index contributed by atoms with van der Waals surface area (Å²) in [5, 5.41) is 2.79. The van der Waals surface area contributed by atoms with Crippen LogP contribution in [-0.4, -0.2) is 20.4 Å². The fourth-order valence-electron chi connectivity index (χ4n) is 4.83. The van der Waals surface area contributed by atoms with E-state index >= 15 is 0 Å². The molecule has 1 aliphatic heterocycles. The molecular weight excluding hydrogens is 324 g/mol. The van der Waals surface area contributed by atoms with E-state index in [9.17, 15) is 13.2 Å². The Morgan fingerprint density at radius 3 is 2.75 bits per heavy atom. The number of anilines is 1. The van der Waals surface area contributed by atoms with E-state index in [0.29, 0.717) is 29.6 Å². The number of sulfonamides is 1. The van der Waals surface area contributed by atoms with Crippen molar-refractivity contribution in [2.24, 2.45) is 17.8 Å². The highest BCUT2D eigenvalue weighted by Gasteiger charge is 2.42. The first-order valence-corrected chi connectivity index (χ1v) is 10.4. The fourth-order valence-corrected chi connectivity index (χ4v) is 6.18. The van der Waals surface area contributed by atoms with E-state index in [1.54, 1.807) is 18.2 Å². The molecule has 1 aromatic carbocycles. The molecule has 4 rings (SSSR count). The summed E-state index contributed by atoms with van der Waals surface area (Å²) in [5.74, 6) is 1.95. The van der Waals surface area contributed by atoms with E-state index in [1.807, 2.05) is 6.92 Å². The number of hydrogen-bond acceptors (Lipinski definition) is 3. The van der Waals surface area contributed by atoms with Crippen LogP contribution in [0, 0.1) is 17.8 Å². The highest BCUT2D eigenvalue weighted by Crippen LogP contribution is 2.49. The van der Waals surface area contributed by atoms with E-state index in [0.717, 1.165) is 23.6 Å². The second-order valence-corrected chi connectivity index (χ2v) is 9.33. The Labute approximate surface area is 143 Å². The van der Waals surface area contributed by atoms with Gasteiger partial charge < -0.3 is 5.32 Å². The van der Waals surface area contributed by atoms with Gasteiger partial charge in [-0.05, 0) is 74.1 Å². The van der Waals surface area contributed by atoms with Crippen LogP contribution in [0.2, 0.25) is 0 Å². The SMILES string of the molecule is C[C@H](NS(=O)(=O)c1ccc2c(c1)CCC(=O)N2)[C@@H]1C[C@H]2CC[C@H]1C2. The Hall–Kier alpha value is -1.40. The topological polar surface area (TPSA) is 75.3 Å². The molecule has 0 aromatic heterocycles. The lowest BCUT2D eigenvalue weighted by atomic mass is 9.84. The van der Waals surface area contributed by atoms with Crippen LogP contribution in [0.5, 0.6) is 0 Å². The number of amides is 1. The van der Waals surface area contributed by atoms with Crippen molar-refractivity contribution in [3.05, 3.63) is 23.8 Å². The summed E-state index contributed by atoms with van der Waals surface area (Å²) in [5.41, 5.74) is 1.62. The van der Waals surface area contributed by atoms with Crippen molar-refractivity contribution in [1.82, 2.24) is 4.72 Å². The van der Waals surface area contributed by atoms with Gasteiger partial charge in [-0.3, -0.25) is 4.79 Å². The quantitative estimate of drug-likeness (QED) is 0.878. The molecule has 6 heteroatoms. The van der Waals surface area contributed by atoms with Gasteiger partial charge in [0.25, 0.3) is 0 Å². The zero-order chi connectivity index (χ0) is 16.9. The Morgan fingerprint density at radius 2 is 2.04 bits per heavy atom. The van der Waals surface area contributed by atoms with Crippen LogP contribution >= 0.6 is 0 Å². The molecule has 2 aliphatic carbocycles. The van der Waals surface area contributed by atoms with Crippen LogP contribution in [0.15, 0.2) is 23.1 Å². The number of rotatable bonds is 4. The normalized spacial score (nSPS) is 30.0. The van der Waals surface area contributed by atoms with Crippen molar-refractivity contribution in [2.75, 3.05) is 5.32 Å². The average Bonchev–Trinajstić information content (AvgIpc) is 3.17. The largest absolute Gasteiger partial charge is 0.326 e. The number of fused-ring (bicyclic) bond motifs is 3. The van der Waals surface area contributed by atoms with Crippen LogP contribution in [0.25, 0.3) is 0 Å². The molecule has 2 N–H and O–H groups in total. The van der Waals surface area contributed by atoms with Gasteiger partial charge in [-0.2, -0.15) is 0 Å². The number of carbonyl (C=O) groups is 1. The van der Waals surface area contributed by atoms with Gasteiger partial charge in [0.15, 0.2) is 0 Å².